The normalized spacial score (nSPS) is 15.2. The van der Waals surface area contributed by atoms with Crippen LogP contribution < -0.4 is 16.0 Å². The molecule has 1 aliphatic heterocycles. The van der Waals surface area contributed by atoms with Crippen molar-refractivity contribution in [1.29, 1.82) is 5.26 Å². The lowest BCUT2D eigenvalue weighted by Gasteiger charge is -2.29. The lowest BCUT2D eigenvalue weighted by atomic mass is 9.86. The van der Waals surface area contributed by atoms with Gasteiger partial charge in [0.1, 0.15) is 0 Å². The van der Waals surface area contributed by atoms with E-state index < -0.39 is 5.92 Å². The fraction of sp³-hybridized carbons (Fsp3) is 0.148. The third kappa shape index (κ3) is 5.82. The van der Waals surface area contributed by atoms with Crippen molar-refractivity contribution in [2.75, 3.05) is 16.4 Å². The Morgan fingerprint density at radius 1 is 1.11 bits per heavy atom. The summed E-state index contributed by atoms with van der Waals surface area (Å²) in [5, 5.41) is 22.2. The molecule has 1 aliphatic rings. The maximum Gasteiger partial charge on any atom is 0.254 e. The van der Waals surface area contributed by atoms with Crippen molar-refractivity contribution in [3.05, 3.63) is 103 Å². The molecule has 0 aliphatic carbocycles. The van der Waals surface area contributed by atoms with Gasteiger partial charge in [0.05, 0.1) is 28.3 Å². The molecule has 182 valence electrons. The van der Waals surface area contributed by atoms with Gasteiger partial charge in [-0.3, -0.25) is 9.59 Å². The molecule has 0 spiro atoms. The van der Waals surface area contributed by atoms with E-state index >= 15 is 0 Å². The Bertz CT molecular complexity index is 1410. The second-order valence-electron chi connectivity index (χ2n) is 8.08. The van der Waals surface area contributed by atoms with E-state index in [1.54, 1.807) is 24.3 Å². The van der Waals surface area contributed by atoms with Gasteiger partial charge in [-0.1, -0.05) is 53.7 Å². The Hall–Kier alpha value is -3.51. The number of carbonyl (C=O) groups is 2. The summed E-state index contributed by atoms with van der Waals surface area (Å²) >= 11 is 8.71. The molecular formula is C27H23ClN4O2S2. The zero-order chi connectivity index (χ0) is 25.7. The summed E-state index contributed by atoms with van der Waals surface area (Å²) in [5.41, 5.74) is 3.77. The van der Waals surface area contributed by atoms with Gasteiger partial charge in [0.25, 0.3) is 5.91 Å². The topological polar surface area (TPSA) is 94.0 Å². The SMILES string of the molecule is CC1=C(C(=O)Nc2ccccc2C)[C@@H](c2cccs2)C(C#N)=C(SCC(=O)Nc2cccc(Cl)c2)N1. The van der Waals surface area contributed by atoms with Crippen LogP contribution in [0.1, 0.15) is 23.3 Å². The summed E-state index contributed by atoms with van der Waals surface area (Å²) < 4.78 is 0. The zero-order valence-corrected chi connectivity index (χ0v) is 22.0. The number of dihydropyridines is 1. The lowest BCUT2D eigenvalue weighted by Crippen LogP contribution is -2.31. The van der Waals surface area contributed by atoms with Crippen molar-refractivity contribution in [1.82, 2.24) is 5.32 Å². The molecule has 1 atom stereocenters. The van der Waals surface area contributed by atoms with E-state index in [1.165, 1.54) is 23.1 Å². The first-order chi connectivity index (χ1) is 17.4. The highest BCUT2D eigenvalue weighted by molar-refractivity contribution is 8.03. The number of nitrogens with one attached hydrogen (secondary N) is 3. The van der Waals surface area contributed by atoms with E-state index in [0.29, 0.717) is 38.3 Å². The molecule has 2 heterocycles. The summed E-state index contributed by atoms with van der Waals surface area (Å²) in [5.74, 6) is -0.969. The molecule has 0 saturated heterocycles. The Balaban J connectivity index is 1.59. The Kier molecular flexibility index (Phi) is 8.16. The maximum absolute atomic E-state index is 13.5. The fourth-order valence-corrected chi connectivity index (χ4v) is 5.80. The number of para-hydroxylation sites is 1. The van der Waals surface area contributed by atoms with Crippen LogP contribution in [0.25, 0.3) is 0 Å². The van der Waals surface area contributed by atoms with Gasteiger partial charge in [-0.15, -0.1) is 11.3 Å². The number of hydrogen-bond donors (Lipinski definition) is 3. The first kappa shape index (κ1) is 25.6. The van der Waals surface area contributed by atoms with E-state index in [-0.39, 0.29) is 17.6 Å². The van der Waals surface area contributed by atoms with Gasteiger partial charge in [-0.05, 0) is 55.1 Å². The molecule has 2 aromatic carbocycles. The van der Waals surface area contributed by atoms with Gasteiger partial charge in [-0.25, -0.2) is 0 Å². The van der Waals surface area contributed by atoms with Crippen LogP contribution in [0.5, 0.6) is 0 Å². The number of carbonyl (C=O) groups excluding carboxylic acids is 2. The molecule has 0 radical (unpaired) electrons. The molecule has 0 saturated carbocycles. The van der Waals surface area contributed by atoms with Crippen molar-refractivity contribution in [2.24, 2.45) is 0 Å². The predicted octanol–water partition coefficient (Wildman–Crippen LogP) is 6.42. The molecule has 0 unspecified atom stereocenters. The monoisotopic (exact) mass is 534 g/mol. The summed E-state index contributed by atoms with van der Waals surface area (Å²) in [4.78, 5) is 26.9. The quantitative estimate of drug-likeness (QED) is 0.325. The van der Waals surface area contributed by atoms with Crippen LogP contribution in [0.4, 0.5) is 11.4 Å². The van der Waals surface area contributed by atoms with Crippen LogP contribution in [-0.4, -0.2) is 17.6 Å². The summed E-state index contributed by atoms with van der Waals surface area (Å²) in [6.45, 7) is 3.74. The highest BCUT2D eigenvalue weighted by Crippen LogP contribution is 2.42. The van der Waals surface area contributed by atoms with Crippen LogP contribution in [0.2, 0.25) is 5.02 Å². The molecule has 9 heteroatoms. The molecule has 1 aromatic heterocycles. The highest BCUT2D eigenvalue weighted by atomic mass is 35.5. The number of allylic oxidation sites excluding steroid dienone is 2. The van der Waals surface area contributed by atoms with Gasteiger partial charge in [0.15, 0.2) is 0 Å². The molecular weight excluding hydrogens is 512 g/mol. The van der Waals surface area contributed by atoms with Gasteiger partial charge in [0.2, 0.25) is 5.91 Å². The highest BCUT2D eigenvalue weighted by Gasteiger charge is 2.35. The van der Waals surface area contributed by atoms with E-state index in [1.807, 2.05) is 55.6 Å². The molecule has 3 aromatic rings. The maximum atomic E-state index is 13.5. The number of nitriles is 1. The van der Waals surface area contributed by atoms with Crippen LogP contribution in [0.3, 0.4) is 0 Å². The smallest absolute Gasteiger partial charge is 0.254 e. The van der Waals surface area contributed by atoms with Gasteiger partial charge in [-0.2, -0.15) is 5.26 Å². The summed E-state index contributed by atoms with van der Waals surface area (Å²) in [6.07, 6.45) is 0. The number of benzene rings is 2. The number of hydrogen-bond acceptors (Lipinski definition) is 6. The van der Waals surface area contributed by atoms with Crippen molar-refractivity contribution in [2.45, 2.75) is 19.8 Å². The number of nitrogens with zero attached hydrogens (tertiary/aromatic N) is 1. The van der Waals surface area contributed by atoms with E-state index in [4.69, 9.17) is 11.6 Å². The minimum atomic E-state index is -0.543. The number of anilines is 2. The molecule has 4 rings (SSSR count). The standard InChI is InChI=1S/C27H23ClN4O2S2/c1-16-7-3-4-10-21(16)32-26(34)24-17(2)30-27(20(14-29)25(24)22-11-6-12-35-22)36-15-23(33)31-19-9-5-8-18(28)13-19/h3-13,25,30H,15H2,1-2H3,(H,31,33)(H,32,34)/t25-/m1/s1. The van der Waals surface area contributed by atoms with Crippen LogP contribution in [0, 0.1) is 18.3 Å². The van der Waals surface area contributed by atoms with Gasteiger partial charge >= 0.3 is 0 Å². The van der Waals surface area contributed by atoms with Crippen molar-refractivity contribution in [3.8, 4) is 6.07 Å². The second-order valence-corrected chi connectivity index (χ2v) is 10.5. The molecule has 0 bridgehead atoms. The van der Waals surface area contributed by atoms with Crippen molar-refractivity contribution in [3.63, 3.8) is 0 Å². The van der Waals surface area contributed by atoms with Crippen LogP contribution >= 0.6 is 34.7 Å². The molecule has 6 nitrogen and oxygen atoms in total. The number of amides is 2. The number of aryl methyl sites for hydroxylation is 1. The average Bonchev–Trinajstić information content (AvgIpc) is 3.38. The lowest BCUT2D eigenvalue weighted by molar-refractivity contribution is -0.114. The van der Waals surface area contributed by atoms with Crippen molar-refractivity contribution < 1.29 is 9.59 Å². The number of thiophene rings is 1. The van der Waals surface area contributed by atoms with E-state index in [9.17, 15) is 14.9 Å². The largest absolute Gasteiger partial charge is 0.353 e. The number of thioether (sulfide) groups is 1. The van der Waals surface area contributed by atoms with Crippen LogP contribution in [0.15, 0.2) is 87.9 Å². The Morgan fingerprint density at radius 2 is 1.92 bits per heavy atom. The predicted molar refractivity (Wildman–Crippen MR) is 148 cm³/mol. The molecule has 0 fully saturated rings. The average molecular weight is 535 g/mol. The Morgan fingerprint density at radius 3 is 2.61 bits per heavy atom. The number of rotatable bonds is 7. The second kappa shape index (κ2) is 11.5. The third-order valence-corrected chi connectivity index (χ3v) is 7.76. The Labute approximate surface area is 223 Å². The fourth-order valence-electron chi connectivity index (χ4n) is 3.87. The van der Waals surface area contributed by atoms with E-state index in [2.05, 4.69) is 22.0 Å². The van der Waals surface area contributed by atoms with Crippen LogP contribution in [-0.2, 0) is 9.59 Å². The van der Waals surface area contributed by atoms with Gasteiger partial charge in [0, 0.05) is 32.5 Å². The van der Waals surface area contributed by atoms with Crippen molar-refractivity contribution >= 4 is 57.9 Å². The summed E-state index contributed by atoms with van der Waals surface area (Å²) in [6, 6.07) is 20.6. The number of halogens is 1. The first-order valence-electron chi connectivity index (χ1n) is 11.1. The first-order valence-corrected chi connectivity index (χ1v) is 13.3. The zero-order valence-electron chi connectivity index (χ0n) is 19.6. The summed E-state index contributed by atoms with van der Waals surface area (Å²) in [7, 11) is 0. The third-order valence-electron chi connectivity index (χ3n) is 5.57. The van der Waals surface area contributed by atoms with Gasteiger partial charge < -0.3 is 16.0 Å². The molecule has 36 heavy (non-hydrogen) atoms. The van der Waals surface area contributed by atoms with E-state index in [0.717, 1.165) is 10.4 Å². The minimum absolute atomic E-state index is 0.0786. The minimum Gasteiger partial charge on any atom is -0.353 e. The molecule has 3 N–H and O–H groups in total. The molecule has 2 amide bonds.